The van der Waals surface area contributed by atoms with E-state index in [2.05, 4.69) is 5.32 Å². The minimum Gasteiger partial charge on any atom is -0.493 e. The molecule has 0 atom stereocenters. The van der Waals surface area contributed by atoms with E-state index in [1.807, 2.05) is 36.4 Å². The van der Waals surface area contributed by atoms with Gasteiger partial charge in [-0.25, -0.2) is 4.79 Å². The molecule has 0 spiro atoms. The van der Waals surface area contributed by atoms with Crippen LogP contribution in [0.25, 0.3) is 12.2 Å². The highest BCUT2D eigenvalue weighted by molar-refractivity contribution is 6.01. The molecule has 9 nitrogen and oxygen atoms in total. The van der Waals surface area contributed by atoms with E-state index in [9.17, 15) is 14.9 Å². The minimum atomic E-state index is -0.630. The van der Waals surface area contributed by atoms with Crippen molar-refractivity contribution in [1.82, 2.24) is 5.32 Å². The number of nitrogens with zero attached hydrogens (tertiary/aromatic N) is 1. The topological polar surface area (TPSA) is 120 Å². The van der Waals surface area contributed by atoms with Crippen molar-refractivity contribution in [3.63, 3.8) is 0 Å². The van der Waals surface area contributed by atoms with Crippen molar-refractivity contribution in [3.05, 3.63) is 119 Å². The number of esters is 1. The first kappa shape index (κ1) is 29.2. The number of amides is 1. The third kappa shape index (κ3) is 8.13. The largest absolute Gasteiger partial charge is 0.493 e. The molecule has 212 valence electrons. The Labute approximate surface area is 243 Å². The van der Waals surface area contributed by atoms with Crippen LogP contribution < -0.4 is 24.3 Å². The van der Waals surface area contributed by atoms with Gasteiger partial charge in [-0.15, -0.1) is 0 Å². The lowest BCUT2D eigenvalue weighted by atomic mass is 10.1. The molecule has 0 aliphatic rings. The zero-order chi connectivity index (χ0) is 29.7. The lowest BCUT2D eigenvalue weighted by Crippen LogP contribution is -2.23. The minimum absolute atomic E-state index is 0.108. The summed E-state index contributed by atoms with van der Waals surface area (Å²) < 4.78 is 27.3. The van der Waals surface area contributed by atoms with Gasteiger partial charge in [-0.3, -0.25) is 4.79 Å². The maximum atomic E-state index is 12.6. The number of hydrogen-bond donors (Lipinski definition) is 1. The Morgan fingerprint density at radius 3 is 2.31 bits per heavy atom. The molecule has 4 aromatic rings. The number of hydrogen-bond acceptors (Lipinski definition) is 8. The van der Waals surface area contributed by atoms with Gasteiger partial charge in [0.05, 0.1) is 27.0 Å². The summed E-state index contributed by atoms with van der Waals surface area (Å²) in [5.74, 6) is 0.905. The van der Waals surface area contributed by atoms with Gasteiger partial charge in [0, 0.05) is 6.08 Å². The summed E-state index contributed by atoms with van der Waals surface area (Å²) in [6.45, 7) is 0.543. The molecule has 4 rings (SSSR count). The first-order chi connectivity index (χ1) is 20.5. The van der Waals surface area contributed by atoms with Crippen LogP contribution >= 0.6 is 0 Å². The smallest absolute Gasteiger partial charge is 0.336 e. The maximum absolute atomic E-state index is 12.6. The van der Waals surface area contributed by atoms with Gasteiger partial charge in [-0.1, -0.05) is 42.5 Å². The third-order valence-corrected chi connectivity index (χ3v) is 5.91. The molecule has 0 radical (unpaired) electrons. The Kier molecular flexibility index (Phi) is 10.2. The van der Waals surface area contributed by atoms with Gasteiger partial charge in [0.1, 0.15) is 24.0 Å². The molecule has 1 heterocycles. The molecular weight excluding hydrogens is 536 g/mol. The van der Waals surface area contributed by atoms with E-state index >= 15 is 0 Å². The SMILES string of the molecule is COc1cc(/C=C/C(=O)Oc2ccc(/C=C(/C#N)C(=O)NCc3ccco3)cc2OC)ccc1OCc1ccccc1. The van der Waals surface area contributed by atoms with Gasteiger partial charge < -0.3 is 28.7 Å². The molecule has 1 amide bonds. The van der Waals surface area contributed by atoms with Crippen LogP contribution in [0.3, 0.4) is 0 Å². The Morgan fingerprint density at radius 2 is 1.60 bits per heavy atom. The molecule has 0 saturated heterocycles. The summed E-state index contributed by atoms with van der Waals surface area (Å²) in [5.41, 5.74) is 2.14. The summed E-state index contributed by atoms with van der Waals surface area (Å²) in [4.78, 5) is 25.0. The van der Waals surface area contributed by atoms with Crippen molar-refractivity contribution in [3.8, 4) is 29.1 Å². The number of methoxy groups -OCH3 is 2. The van der Waals surface area contributed by atoms with Crippen LogP contribution in [0, 0.1) is 11.3 Å². The highest BCUT2D eigenvalue weighted by atomic mass is 16.6. The van der Waals surface area contributed by atoms with E-state index in [-0.39, 0.29) is 23.6 Å². The second-order valence-corrected chi connectivity index (χ2v) is 8.78. The molecule has 3 aromatic carbocycles. The standard InChI is InChI=1S/C33H28N2O7/c1-38-30-18-23(10-13-28(30)41-22-24-7-4-3-5-8-24)12-15-32(36)42-29-14-11-25(19-31(29)39-2)17-26(20-34)33(37)35-21-27-9-6-16-40-27/h3-19H,21-22H2,1-2H3,(H,35,37)/b15-12+,26-17-. The highest BCUT2D eigenvalue weighted by Crippen LogP contribution is 2.31. The van der Waals surface area contributed by atoms with Crippen LogP contribution in [0.1, 0.15) is 22.5 Å². The average Bonchev–Trinajstić information content (AvgIpc) is 3.55. The first-order valence-electron chi connectivity index (χ1n) is 12.8. The molecule has 1 aromatic heterocycles. The van der Waals surface area contributed by atoms with Gasteiger partial charge >= 0.3 is 5.97 Å². The van der Waals surface area contributed by atoms with Crippen molar-refractivity contribution < 1.29 is 33.0 Å². The Bertz CT molecular complexity index is 1620. The number of carbonyl (C=O) groups is 2. The lowest BCUT2D eigenvalue weighted by molar-refractivity contribution is -0.129. The van der Waals surface area contributed by atoms with Gasteiger partial charge in [-0.05, 0) is 65.2 Å². The van der Waals surface area contributed by atoms with E-state index < -0.39 is 11.9 Å². The van der Waals surface area contributed by atoms with Crippen molar-refractivity contribution in [2.45, 2.75) is 13.2 Å². The quantitative estimate of drug-likeness (QED) is 0.100. The van der Waals surface area contributed by atoms with Gasteiger partial charge in [0.2, 0.25) is 0 Å². The van der Waals surface area contributed by atoms with Crippen molar-refractivity contribution in [2.24, 2.45) is 0 Å². The predicted octanol–water partition coefficient (Wildman–Crippen LogP) is 5.72. The third-order valence-electron chi connectivity index (χ3n) is 5.91. The fourth-order valence-corrected chi connectivity index (χ4v) is 3.80. The number of nitriles is 1. The summed E-state index contributed by atoms with van der Waals surface area (Å²) >= 11 is 0. The summed E-state index contributed by atoms with van der Waals surface area (Å²) in [7, 11) is 2.97. The molecule has 0 fully saturated rings. The Hall–Kier alpha value is -5.75. The molecule has 9 heteroatoms. The molecule has 42 heavy (non-hydrogen) atoms. The van der Waals surface area contributed by atoms with E-state index in [0.29, 0.717) is 35.0 Å². The highest BCUT2D eigenvalue weighted by Gasteiger charge is 2.13. The van der Waals surface area contributed by atoms with Crippen molar-refractivity contribution in [1.29, 1.82) is 5.26 Å². The van der Waals surface area contributed by atoms with Crippen LogP contribution in [-0.2, 0) is 22.7 Å². The Balaban J connectivity index is 1.38. The number of furan rings is 1. The second kappa shape index (κ2) is 14.6. The molecular formula is C33H28N2O7. The van der Waals surface area contributed by atoms with Crippen LogP contribution in [-0.4, -0.2) is 26.1 Å². The molecule has 0 unspecified atom stereocenters. The molecule has 0 bridgehead atoms. The number of ether oxygens (including phenoxy) is 4. The van der Waals surface area contributed by atoms with Crippen LogP contribution in [0.15, 0.2) is 101 Å². The van der Waals surface area contributed by atoms with E-state index in [1.165, 1.54) is 31.6 Å². The second-order valence-electron chi connectivity index (χ2n) is 8.78. The normalized spacial score (nSPS) is 11.0. The number of nitrogens with one attached hydrogen (secondary N) is 1. The molecule has 0 aliphatic carbocycles. The van der Waals surface area contributed by atoms with Crippen LogP contribution in [0.2, 0.25) is 0 Å². The number of carbonyl (C=O) groups excluding carboxylic acids is 2. The average molecular weight is 565 g/mol. The van der Waals surface area contributed by atoms with Gasteiger partial charge in [0.15, 0.2) is 23.0 Å². The zero-order valence-electron chi connectivity index (χ0n) is 23.0. The molecule has 0 saturated carbocycles. The lowest BCUT2D eigenvalue weighted by Gasteiger charge is -2.11. The van der Waals surface area contributed by atoms with E-state index in [1.54, 1.807) is 55.7 Å². The zero-order valence-corrected chi connectivity index (χ0v) is 23.0. The van der Waals surface area contributed by atoms with Crippen LogP contribution in [0.4, 0.5) is 0 Å². The monoisotopic (exact) mass is 564 g/mol. The summed E-state index contributed by atoms with van der Waals surface area (Å²) in [6.07, 6.45) is 5.78. The fraction of sp³-hybridized carbons (Fsp3) is 0.121. The number of rotatable bonds is 12. The van der Waals surface area contributed by atoms with E-state index in [4.69, 9.17) is 23.4 Å². The van der Waals surface area contributed by atoms with E-state index in [0.717, 1.165) is 5.56 Å². The Morgan fingerprint density at radius 1 is 0.881 bits per heavy atom. The number of benzene rings is 3. The fourth-order valence-electron chi connectivity index (χ4n) is 3.80. The predicted molar refractivity (Wildman–Crippen MR) is 156 cm³/mol. The van der Waals surface area contributed by atoms with Crippen molar-refractivity contribution >= 4 is 24.0 Å². The van der Waals surface area contributed by atoms with Crippen LogP contribution in [0.5, 0.6) is 23.0 Å². The molecule has 1 N–H and O–H groups in total. The van der Waals surface area contributed by atoms with Gasteiger partial charge in [-0.2, -0.15) is 5.26 Å². The maximum Gasteiger partial charge on any atom is 0.336 e. The van der Waals surface area contributed by atoms with Crippen molar-refractivity contribution in [2.75, 3.05) is 14.2 Å². The first-order valence-corrected chi connectivity index (χ1v) is 12.8. The summed E-state index contributed by atoms with van der Waals surface area (Å²) in [5, 5.41) is 12.1. The summed E-state index contributed by atoms with van der Waals surface area (Å²) in [6, 6.07) is 25.1. The molecule has 0 aliphatic heterocycles. The van der Waals surface area contributed by atoms with Gasteiger partial charge in [0.25, 0.3) is 5.91 Å².